The van der Waals surface area contributed by atoms with Crippen LogP contribution in [0.25, 0.3) is 0 Å². The molecule has 5 aromatic rings. The molecule has 1 saturated heterocycles. The lowest BCUT2D eigenvalue weighted by atomic mass is 10.00. The number of hydrogen-bond acceptors (Lipinski definition) is 6. The molecule has 1 aliphatic heterocycles. The first-order chi connectivity index (χ1) is 22.2. The van der Waals surface area contributed by atoms with E-state index in [1.165, 1.54) is 5.06 Å². The Morgan fingerprint density at radius 1 is 0.489 bits per heavy atom. The van der Waals surface area contributed by atoms with E-state index in [1.54, 1.807) is 0 Å². The zero-order chi connectivity index (χ0) is 30.7. The topological polar surface area (TPSA) is 60.4 Å². The van der Waals surface area contributed by atoms with E-state index in [4.69, 9.17) is 18.9 Å². The molecule has 0 amide bonds. The molecular weight excluding hydrogens is 562 g/mol. The highest BCUT2D eigenvalue weighted by atomic mass is 16.6. The summed E-state index contributed by atoms with van der Waals surface area (Å²) in [5, 5.41) is 13.2. The van der Waals surface area contributed by atoms with Gasteiger partial charge in [-0.1, -0.05) is 133 Å². The third-order valence-corrected chi connectivity index (χ3v) is 8.08. The Morgan fingerprint density at radius 3 is 1.44 bits per heavy atom. The van der Waals surface area contributed by atoms with Crippen molar-refractivity contribution in [2.75, 3.05) is 6.61 Å². The van der Waals surface area contributed by atoms with Crippen LogP contribution >= 0.6 is 0 Å². The molecule has 0 aliphatic carbocycles. The van der Waals surface area contributed by atoms with Gasteiger partial charge in [0.05, 0.1) is 38.5 Å². The molecule has 45 heavy (non-hydrogen) atoms. The van der Waals surface area contributed by atoms with Gasteiger partial charge in [-0.05, 0) is 39.9 Å². The van der Waals surface area contributed by atoms with Crippen LogP contribution in [0.1, 0.15) is 33.9 Å². The summed E-state index contributed by atoms with van der Waals surface area (Å²) in [6, 6.07) is 47.2. The molecular formula is C39H39NO5. The maximum atomic E-state index is 11.8. The lowest BCUT2D eigenvalue weighted by Gasteiger charge is -2.26. The van der Waals surface area contributed by atoms with Crippen molar-refractivity contribution < 1.29 is 24.2 Å². The smallest absolute Gasteiger partial charge is 0.119 e. The second kappa shape index (κ2) is 15.6. The van der Waals surface area contributed by atoms with Gasteiger partial charge in [-0.2, -0.15) is 5.06 Å². The molecule has 1 aliphatic rings. The van der Waals surface area contributed by atoms with Gasteiger partial charge >= 0.3 is 0 Å². The summed E-state index contributed by atoms with van der Waals surface area (Å²) in [4.78, 5) is 0. The Kier molecular flexibility index (Phi) is 10.7. The SMILES string of the molecule is ON1[C@@H](COCc2ccccc2)[C@H](OCc2ccccc2)[C@@H](OCc2ccccc2)[C@@H]1c1ccc(OCc2ccccc2)cc1. The fourth-order valence-electron chi connectivity index (χ4n) is 5.72. The molecule has 0 aromatic heterocycles. The minimum atomic E-state index is -0.483. The Balaban J connectivity index is 1.24. The second-order valence-corrected chi connectivity index (χ2v) is 11.3. The van der Waals surface area contributed by atoms with Gasteiger partial charge in [-0.3, -0.25) is 0 Å². The zero-order valence-corrected chi connectivity index (χ0v) is 25.2. The fraction of sp³-hybridized carbons (Fsp3) is 0.231. The molecule has 6 heteroatoms. The Hall–Kier alpha value is -4.30. The maximum Gasteiger partial charge on any atom is 0.119 e. The first kappa shape index (κ1) is 30.7. The van der Waals surface area contributed by atoms with E-state index in [-0.39, 0.29) is 6.61 Å². The number of hydrogen-bond donors (Lipinski definition) is 1. The van der Waals surface area contributed by atoms with Crippen molar-refractivity contribution in [2.24, 2.45) is 0 Å². The van der Waals surface area contributed by atoms with Crippen LogP contribution in [0.4, 0.5) is 0 Å². The summed E-state index contributed by atoms with van der Waals surface area (Å²) < 4.78 is 25.5. The molecule has 4 atom stereocenters. The first-order valence-corrected chi connectivity index (χ1v) is 15.4. The third-order valence-electron chi connectivity index (χ3n) is 8.08. The average molecular weight is 602 g/mol. The van der Waals surface area contributed by atoms with Crippen molar-refractivity contribution >= 4 is 0 Å². The Bertz CT molecular complexity index is 1550. The van der Waals surface area contributed by atoms with Crippen molar-refractivity contribution in [3.8, 4) is 5.75 Å². The van der Waals surface area contributed by atoms with E-state index in [0.717, 1.165) is 33.6 Å². The number of rotatable bonds is 14. The first-order valence-electron chi connectivity index (χ1n) is 15.4. The van der Waals surface area contributed by atoms with Crippen molar-refractivity contribution in [1.29, 1.82) is 0 Å². The number of benzene rings is 5. The highest BCUT2D eigenvalue weighted by Gasteiger charge is 2.51. The largest absolute Gasteiger partial charge is 0.489 e. The van der Waals surface area contributed by atoms with Crippen LogP contribution in [0.15, 0.2) is 146 Å². The minimum Gasteiger partial charge on any atom is -0.489 e. The number of ether oxygens (including phenoxy) is 4. The van der Waals surface area contributed by atoms with E-state index in [1.807, 2.05) is 146 Å². The van der Waals surface area contributed by atoms with Crippen LogP contribution in [-0.2, 0) is 40.6 Å². The summed E-state index contributed by atoms with van der Waals surface area (Å²) in [5.74, 6) is 0.756. The van der Waals surface area contributed by atoms with Gasteiger partial charge in [0, 0.05) is 0 Å². The quantitative estimate of drug-likeness (QED) is 0.140. The monoisotopic (exact) mass is 601 g/mol. The lowest BCUT2D eigenvalue weighted by molar-refractivity contribution is -0.167. The van der Waals surface area contributed by atoms with Crippen LogP contribution in [0.5, 0.6) is 5.75 Å². The Labute approximate surface area is 265 Å². The summed E-state index contributed by atoms with van der Waals surface area (Å²) in [6.07, 6.45) is -0.936. The molecule has 0 spiro atoms. The van der Waals surface area contributed by atoms with Crippen molar-refractivity contribution in [3.05, 3.63) is 173 Å². The molecule has 230 valence electrons. The van der Waals surface area contributed by atoms with E-state index < -0.39 is 24.3 Å². The molecule has 6 rings (SSSR count). The van der Waals surface area contributed by atoms with E-state index in [2.05, 4.69) is 0 Å². The molecule has 0 saturated carbocycles. The zero-order valence-electron chi connectivity index (χ0n) is 25.2. The van der Waals surface area contributed by atoms with Gasteiger partial charge in [0.1, 0.15) is 24.6 Å². The third kappa shape index (κ3) is 8.25. The lowest BCUT2D eigenvalue weighted by Crippen LogP contribution is -2.40. The normalized spacial score (nSPS) is 19.8. The van der Waals surface area contributed by atoms with E-state index in [0.29, 0.717) is 26.4 Å². The number of hydroxylamine groups is 2. The molecule has 1 N–H and O–H groups in total. The van der Waals surface area contributed by atoms with Gasteiger partial charge < -0.3 is 24.2 Å². The predicted molar refractivity (Wildman–Crippen MR) is 174 cm³/mol. The van der Waals surface area contributed by atoms with Crippen molar-refractivity contribution in [3.63, 3.8) is 0 Å². The molecule has 0 unspecified atom stereocenters. The fourth-order valence-corrected chi connectivity index (χ4v) is 5.72. The molecule has 0 radical (unpaired) electrons. The van der Waals surface area contributed by atoms with Gasteiger partial charge in [-0.25, -0.2) is 0 Å². The molecule has 0 bridgehead atoms. The number of nitrogens with zero attached hydrogens (tertiary/aromatic N) is 1. The highest BCUT2D eigenvalue weighted by Crippen LogP contribution is 2.40. The van der Waals surface area contributed by atoms with Gasteiger partial charge in [-0.15, -0.1) is 0 Å². The maximum absolute atomic E-state index is 11.8. The van der Waals surface area contributed by atoms with Crippen LogP contribution < -0.4 is 4.74 Å². The van der Waals surface area contributed by atoms with E-state index in [9.17, 15) is 5.21 Å². The van der Waals surface area contributed by atoms with Crippen molar-refractivity contribution in [1.82, 2.24) is 5.06 Å². The van der Waals surface area contributed by atoms with Crippen LogP contribution in [0.2, 0.25) is 0 Å². The predicted octanol–water partition coefficient (Wildman–Crippen LogP) is 7.77. The average Bonchev–Trinajstić information content (AvgIpc) is 3.37. The highest BCUT2D eigenvalue weighted by molar-refractivity contribution is 5.32. The van der Waals surface area contributed by atoms with Gasteiger partial charge in [0.15, 0.2) is 0 Å². The molecule has 6 nitrogen and oxygen atoms in total. The Morgan fingerprint density at radius 2 is 0.933 bits per heavy atom. The van der Waals surface area contributed by atoms with Gasteiger partial charge in [0.2, 0.25) is 0 Å². The van der Waals surface area contributed by atoms with Crippen molar-refractivity contribution in [2.45, 2.75) is 50.7 Å². The molecule has 1 heterocycles. The minimum absolute atomic E-state index is 0.269. The van der Waals surface area contributed by atoms with E-state index >= 15 is 0 Å². The van der Waals surface area contributed by atoms with Crippen LogP contribution in [0, 0.1) is 0 Å². The molecule has 1 fully saturated rings. The standard InChI is InChI=1S/C39H39NO5/c41-40-36(29-42-25-30-13-5-1-6-14-30)38(44-27-32-17-9-3-10-18-32)39(45-28-33-19-11-4-12-20-33)37(40)34-21-23-35(24-22-34)43-26-31-15-7-2-8-16-31/h1-24,36-39,41H,25-29H2/t36-,37-,38-,39-/m0/s1. The van der Waals surface area contributed by atoms with Crippen LogP contribution in [0.3, 0.4) is 0 Å². The second-order valence-electron chi connectivity index (χ2n) is 11.3. The summed E-state index contributed by atoms with van der Waals surface area (Å²) in [6.45, 7) is 1.96. The summed E-state index contributed by atoms with van der Waals surface area (Å²) in [7, 11) is 0. The summed E-state index contributed by atoms with van der Waals surface area (Å²) in [5.41, 5.74) is 5.18. The summed E-state index contributed by atoms with van der Waals surface area (Å²) >= 11 is 0. The van der Waals surface area contributed by atoms with Gasteiger partial charge in [0.25, 0.3) is 0 Å². The van der Waals surface area contributed by atoms with Crippen LogP contribution in [-0.4, -0.2) is 35.1 Å². The molecule has 5 aromatic carbocycles.